The van der Waals surface area contributed by atoms with E-state index < -0.39 is 0 Å². The molecule has 1 aliphatic rings. The SMILES string of the molecule is N[C@@H](c1cc(Cl)ccc1O)C1CCNCC1. The molecule has 1 aromatic carbocycles. The fourth-order valence-corrected chi connectivity index (χ4v) is 2.43. The zero-order chi connectivity index (χ0) is 11.5. The quantitative estimate of drug-likeness (QED) is 0.742. The van der Waals surface area contributed by atoms with Crippen LogP contribution in [0.5, 0.6) is 5.75 Å². The molecule has 0 spiro atoms. The Kier molecular flexibility index (Phi) is 3.69. The van der Waals surface area contributed by atoms with Crippen LogP contribution in [0.25, 0.3) is 0 Å². The number of halogens is 1. The van der Waals surface area contributed by atoms with Crippen LogP contribution >= 0.6 is 11.6 Å². The van der Waals surface area contributed by atoms with Gasteiger partial charge in [0, 0.05) is 16.6 Å². The summed E-state index contributed by atoms with van der Waals surface area (Å²) >= 11 is 5.92. The highest BCUT2D eigenvalue weighted by molar-refractivity contribution is 6.30. The van der Waals surface area contributed by atoms with Gasteiger partial charge in [-0.3, -0.25) is 0 Å². The lowest BCUT2D eigenvalue weighted by Crippen LogP contribution is -2.33. The van der Waals surface area contributed by atoms with Crippen molar-refractivity contribution in [3.05, 3.63) is 28.8 Å². The topological polar surface area (TPSA) is 58.3 Å². The summed E-state index contributed by atoms with van der Waals surface area (Å²) in [5.41, 5.74) is 6.96. The third kappa shape index (κ3) is 2.48. The Morgan fingerprint density at radius 1 is 1.38 bits per heavy atom. The molecule has 4 heteroatoms. The van der Waals surface area contributed by atoms with Crippen molar-refractivity contribution in [1.82, 2.24) is 5.32 Å². The van der Waals surface area contributed by atoms with Gasteiger partial charge >= 0.3 is 0 Å². The van der Waals surface area contributed by atoms with Crippen LogP contribution in [0.3, 0.4) is 0 Å². The zero-order valence-electron chi connectivity index (χ0n) is 9.12. The van der Waals surface area contributed by atoms with Crippen molar-refractivity contribution in [2.75, 3.05) is 13.1 Å². The van der Waals surface area contributed by atoms with Crippen LogP contribution in [0, 0.1) is 5.92 Å². The van der Waals surface area contributed by atoms with Gasteiger partial charge in [0.15, 0.2) is 0 Å². The van der Waals surface area contributed by atoms with Crippen molar-refractivity contribution in [2.24, 2.45) is 11.7 Å². The largest absolute Gasteiger partial charge is 0.508 e. The van der Waals surface area contributed by atoms with E-state index in [-0.39, 0.29) is 11.8 Å². The Labute approximate surface area is 101 Å². The standard InChI is InChI=1S/C12H17ClN2O/c13-9-1-2-11(16)10(7-9)12(14)8-3-5-15-6-4-8/h1-2,7-8,12,15-16H,3-6,14H2/t12-/m1/s1. The molecule has 0 aliphatic carbocycles. The Morgan fingerprint density at radius 2 is 2.06 bits per heavy atom. The highest BCUT2D eigenvalue weighted by Crippen LogP contribution is 2.33. The van der Waals surface area contributed by atoms with Crippen LogP contribution in [0.15, 0.2) is 18.2 Å². The first-order valence-corrected chi connectivity index (χ1v) is 6.01. The molecule has 0 bridgehead atoms. The second kappa shape index (κ2) is 5.04. The molecule has 1 aromatic rings. The van der Waals surface area contributed by atoms with E-state index in [0.717, 1.165) is 31.5 Å². The van der Waals surface area contributed by atoms with Gasteiger partial charge in [-0.2, -0.15) is 0 Å². The number of nitrogens with one attached hydrogen (secondary N) is 1. The van der Waals surface area contributed by atoms with Crippen LogP contribution in [0.4, 0.5) is 0 Å². The Balaban J connectivity index is 2.18. The number of piperidine rings is 1. The number of hydrogen-bond acceptors (Lipinski definition) is 3. The molecule has 0 radical (unpaired) electrons. The zero-order valence-corrected chi connectivity index (χ0v) is 9.87. The van der Waals surface area contributed by atoms with E-state index in [2.05, 4.69) is 5.32 Å². The van der Waals surface area contributed by atoms with Crippen molar-refractivity contribution in [3.63, 3.8) is 0 Å². The number of phenols is 1. The van der Waals surface area contributed by atoms with E-state index in [0.29, 0.717) is 10.9 Å². The minimum atomic E-state index is -0.124. The maximum absolute atomic E-state index is 9.78. The maximum Gasteiger partial charge on any atom is 0.120 e. The van der Waals surface area contributed by atoms with Gasteiger partial charge in [0.05, 0.1) is 0 Å². The van der Waals surface area contributed by atoms with Gasteiger partial charge in [0.2, 0.25) is 0 Å². The van der Waals surface area contributed by atoms with Gasteiger partial charge in [-0.1, -0.05) is 11.6 Å². The number of benzene rings is 1. The number of phenolic OH excluding ortho intramolecular Hbond substituents is 1. The number of hydrogen-bond donors (Lipinski definition) is 3. The number of nitrogens with two attached hydrogens (primary N) is 1. The summed E-state index contributed by atoms with van der Waals surface area (Å²) in [4.78, 5) is 0. The van der Waals surface area contributed by atoms with Crippen molar-refractivity contribution in [1.29, 1.82) is 0 Å². The highest BCUT2D eigenvalue weighted by atomic mass is 35.5. The van der Waals surface area contributed by atoms with Crippen LogP contribution in [0.2, 0.25) is 5.02 Å². The van der Waals surface area contributed by atoms with Gasteiger partial charge in [-0.25, -0.2) is 0 Å². The minimum Gasteiger partial charge on any atom is -0.508 e. The molecule has 1 fully saturated rings. The summed E-state index contributed by atoms with van der Waals surface area (Å²) in [7, 11) is 0. The minimum absolute atomic E-state index is 0.124. The van der Waals surface area contributed by atoms with Crippen LogP contribution in [-0.2, 0) is 0 Å². The van der Waals surface area contributed by atoms with Crippen LogP contribution < -0.4 is 11.1 Å². The molecule has 0 amide bonds. The molecule has 16 heavy (non-hydrogen) atoms. The van der Waals surface area contributed by atoms with Gasteiger partial charge in [0.1, 0.15) is 5.75 Å². The fraction of sp³-hybridized carbons (Fsp3) is 0.500. The summed E-state index contributed by atoms with van der Waals surface area (Å²) in [5, 5.41) is 13.7. The summed E-state index contributed by atoms with van der Waals surface area (Å²) in [6.45, 7) is 2.00. The fourth-order valence-electron chi connectivity index (χ4n) is 2.25. The second-order valence-corrected chi connectivity index (χ2v) is 4.75. The molecule has 4 N–H and O–H groups in total. The molecule has 1 saturated heterocycles. The first-order chi connectivity index (χ1) is 7.68. The molecule has 1 aliphatic heterocycles. The monoisotopic (exact) mass is 240 g/mol. The summed E-state index contributed by atoms with van der Waals surface area (Å²) in [6.07, 6.45) is 2.10. The van der Waals surface area contributed by atoms with Crippen molar-refractivity contribution in [3.8, 4) is 5.75 Å². The molecule has 0 unspecified atom stereocenters. The van der Waals surface area contributed by atoms with Gasteiger partial charge in [0.25, 0.3) is 0 Å². The van der Waals surface area contributed by atoms with E-state index in [1.54, 1.807) is 18.2 Å². The Bertz CT molecular complexity index is 364. The summed E-state index contributed by atoms with van der Waals surface area (Å²) in [6, 6.07) is 4.93. The van der Waals surface area contributed by atoms with Crippen molar-refractivity contribution >= 4 is 11.6 Å². The number of aromatic hydroxyl groups is 1. The lowest BCUT2D eigenvalue weighted by atomic mass is 9.86. The molecule has 2 rings (SSSR count). The highest BCUT2D eigenvalue weighted by Gasteiger charge is 2.23. The third-order valence-electron chi connectivity index (χ3n) is 3.24. The van der Waals surface area contributed by atoms with Crippen LogP contribution in [0.1, 0.15) is 24.4 Å². The summed E-state index contributed by atoms with van der Waals surface area (Å²) in [5.74, 6) is 0.668. The van der Waals surface area contributed by atoms with E-state index in [1.807, 2.05) is 0 Å². The van der Waals surface area contributed by atoms with Crippen molar-refractivity contribution < 1.29 is 5.11 Å². The molecular weight excluding hydrogens is 224 g/mol. The predicted molar refractivity (Wildman–Crippen MR) is 65.6 cm³/mol. The smallest absolute Gasteiger partial charge is 0.120 e. The Hall–Kier alpha value is -0.770. The lowest BCUT2D eigenvalue weighted by Gasteiger charge is -2.28. The van der Waals surface area contributed by atoms with Crippen LogP contribution in [-0.4, -0.2) is 18.2 Å². The first-order valence-electron chi connectivity index (χ1n) is 5.63. The van der Waals surface area contributed by atoms with Gasteiger partial charge < -0.3 is 16.2 Å². The van der Waals surface area contributed by atoms with Gasteiger partial charge in [-0.15, -0.1) is 0 Å². The molecule has 88 valence electrons. The first kappa shape index (κ1) is 11.7. The van der Waals surface area contributed by atoms with E-state index in [1.165, 1.54) is 0 Å². The van der Waals surface area contributed by atoms with Gasteiger partial charge in [-0.05, 0) is 50.0 Å². The molecule has 3 nitrogen and oxygen atoms in total. The van der Waals surface area contributed by atoms with Crippen molar-refractivity contribution in [2.45, 2.75) is 18.9 Å². The van der Waals surface area contributed by atoms with E-state index in [4.69, 9.17) is 17.3 Å². The third-order valence-corrected chi connectivity index (χ3v) is 3.48. The molecule has 0 saturated carbocycles. The lowest BCUT2D eigenvalue weighted by molar-refractivity contribution is 0.316. The maximum atomic E-state index is 9.78. The van der Waals surface area contributed by atoms with E-state index in [9.17, 15) is 5.11 Å². The molecule has 1 heterocycles. The predicted octanol–water partition coefficient (Wildman–Crippen LogP) is 2.04. The van der Waals surface area contributed by atoms with E-state index >= 15 is 0 Å². The number of rotatable bonds is 2. The Morgan fingerprint density at radius 3 is 2.75 bits per heavy atom. The molecule has 1 atom stereocenters. The second-order valence-electron chi connectivity index (χ2n) is 4.32. The molecule has 0 aromatic heterocycles. The summed E-state index contributed by atoms with van der Waals surface area (Å²) < 4.78 is 0. The normalized spacial score (nSPS) is 19.6. The molecular formula is C12H17ClN2O. The average molecular weight is 241 g/mol. The average Bonchev–Trinajstić information content (AvgIpc) is 2.32.